The summed E-state index contributed by atoms with van der Waals surface area (Å²) in [5.41, 5.74) is 0.466. The summed E-state index contributed by atoms with van der Waals surface area (Å²) >= 11 is 3.39. The number of carbonyl (C=O) groups excluding carboxylic acids is 1. The first-order valence-electron chi connectivity index (χ1n) is 7.27. The van der Waals surface area contributed by atoms with Crippen LogP contribution in [0, 0.1) is 0 Å². The van der Waals surface area contributed by atoms with Gasteiger partial charge in [-0.15, -0.1) is 0 Å². The number of hydrogen-bond acceptors (Lipinski definition) is 4. The van der Waals surface area contributed by atoms with Crippen molar-refractivity contribution >= 4 is 21.8 Å². The summed E-state index contributed by atoms with van der Waals surface area (Å²) in [6.07, 6.45) is 5.12. The molecule has 6 heteroatoms. The number of pyridine rings is 1. The molecule has 1 spiro atoms. The Morgan fingerprint density at radius 1 is 1.38 bits per heavy atom. The molecular weight excluding hydrogens is 336 g/mol. The lowest BCUT2D eigenvalue weighted by Gasteiger charge is -2.39. The molecule has 1 aliphatic heterocycles. The van der Waals surface area contributed by atoms with Gasteiger partial charge in [0.25, 0.3) is 5.91 Å². The highest BCUT2D eigenvalue weighted by molar-refractivity contribution is 9.10. The van der Waals surface area contributed by atoms with Crippen molar-refractivity contribution in [3.05, 3.63) is 28.5 Å². The van der Waals surface area contributed by atoms with E-state index in [4.69, 9.17) is 9.47 Å². The van der Waals surface area contributed by atoms with E-state index in [9.17, 15) is 4.79 Å². The Morgan fingerprint density at radius 3 is 2.67 bits per heavy atom. The molecule has 0 atom stereocenters. The van der Waals surface area contributed by atoms with Gasteiger partial charge in [-0.3, -0.25) is 4.79 Å². The first-order chi connectivity index (χ1) is 10.1. The summed E-state index contributed by atoms with van der Waals surface area (Å²) in [5, 5.41) is 0. The first-order valence-corrected chi connectivity index (χ1v) is 8.06. The highest BCUT2D eigenvalue weighted by atomic mass is 79.9. The number of halogens is 1. The molecule has 3 rings (SSSR count). The van der Waals surface area contributed by atoms with E-state index in [-0.39, 0.29) is 17.7 Å². The summed E-state index contributed by atoms with van der Waals surface area (Å²) in [5.74, 6) is -0.428. The van der Waals surface area contributed by atoms with Gasteiger partial charge in [0.15, 0.2) is 5.79 Å². The highest BCUT2D eigenvalue weighted by Gasteiger charge is 2.41. The minimum atomic E-state index is -0.383. The maximum Gasteiger partial charge on any atom is 0.273 e. The molecule has 114 valence electrons. The topological polar surface area (TPSA) is 51.7 Å². The van der Waals surface area contributed by atoms with Crippen molar-refractivity contribution in [1.29, 1.82) is 0 Å². The molecule has 2 heterocycles. The third-order valence-electron chi connectivity index (χ3n) is 4.36. The van der Waals surface area contributed by atoms with Crippen molar-refractivity contribution in [2.75, 3.05) is 20.3 Å². The Balaban J connectivity index is 1.65. The second kappa shape index (κ2) is 6.02. The zero-order valence-electron chi connectivity index (χ0n) is 12.0. The molecule has 1 amide bonds. The van der Waals surface area contributed by atoms with Gasteiger partial charge in [0, 0.05) is 36.6 Å². The van der Waals surface area contributed by atoms with E-state index in [0.29, 0.717) is 18.9 Å². The van der Waals surface area contributed by atoms with Gasteiger partial charge in [-0.05, 0) is 40.9 Å². The molecule has 1 aromatic rings. The maximum atomic E-state index is 12.5. The molecule has 0 unspecified atom stereocenters. The Kier molecular flexibility index (Phi) is 4.28. The number of amides is 1. The monoisotopic (exact) mass is 354 g/mol. The fraction of sp³-hybridized carbons (Fsp3) is 0.600. The normalized spacial score (nSPS) is 21.6. The second-order valence-electron chi connectivity index (χ2n) is 5.59. The number of rotatable bonds is 2. The van der Waals surface area contributed by atoms with Crippen LogP contribution in [0.15, 0.2) is 22.8 Å². The zero-order chi connectivity index (χ0) is 14.9. The predicted octanol–water partition coefficient (Wildman–Crippen LogP) is 2.60. The quantitative estimate of drug-likeness (QED) is 0.818. The molecule has 1 saturated heterocycles. The van der Waals surface area contributed by atoms with Gasteiger partial charge in [-0.2, -0.15) is 0 Å². The lowest BCUT2D eigenvalue weighted by Crippen LogP contribution is -2.45. The number of aromatic nitrogens is 1. The molecule has 0 radical (unpaired) electrons. The number of hydrogen-bond donors (Lipinski definition) is 0. The molecule has 2 fully saturated rings. The fourth-order valence-electron chi connectivity index (χ4n) is 3.09. The Hall–Kier alpha value is -0.980. The summed E-state index contributed by atoms with van der Waals surface area (Å²) in [6.45, 7) is 1.36. The second-order valence-corrected chi connectivity index (χ2v) is 6.44. The van der Waals surface area contributed by atoms with E-state index >= 15 is 0 Å². The highest BCUT2D eigenvalue weighted by Crippen LogP contribution is 2.37. The SMILES string of the molecule is CN(C(=O)c1ncccc1Br)C1CCC2(CC1)OCCO2. The Bertz CT molecular complexity index is 521. The minimum absolute atomic E-state index is 0.0447. The van der Waals surface area contributed by atoms with Gasteiger partial charge >= 0.3 is 0 Å². The standard InChI is InChI=1S/C15H19BrN2O3/c1-18(14(19)13-12(16)3-2-8-17-13)11-4-6-15(7-5-11)20-9-10-21-15/h2-3,8,11H,4-7,9-10H2,1H3. The molecular formula is C15H19BrN2O3. The van der Waals surface area contributed by atoms with Crippen molar-refractivity contribution < 1.29 is 14.3 Å². The van der Waals surface area contributed by atoms with E-state index in [2.05, 4.69) is 20.9 Å². The fourth-order valence-corrected chi connectivity index (χ4v) is 3.52. The predicted molar refractivity (Wildman–Crippen MR) is 80.9 cm³/mol. The van der Waals surface area contributed by atoms with Gasteiger partial charge in [-0.1, -0.05) is 0 Å². The van der Waals surface area contributed by atoms with Crippen LogP contribution in [0.5, 0.6) is 0 Å². The van der Waals surface area contributed by atoms with Gasteiger partial charge in [0.2, 0.25) is 0 Å². The van der Waals surface area contributed by atoms with Crippen LogP contribution < -0.4 is 0 Å². The summed E-state index contributed by atoms with van der Waals surface area (Å²) in [6, 6.07) is 3.86. The molecule has 1 aliphatic carbocycles. The molecule has 0 bridgehead atoms. The van der Waals surface area contributed by atoms with E-state index in [1.54, 1.807) is 17.2 Å². The molecule has 21 heavy (non-hydrogen) atoms. The van der Waals surface area contributed by atoms with Gasteiger partial charge in [-0.25, -0.2) is 4.98 Å². The average Bonchev–Trinajstić information content (AvgIpc) is 2.95. The van der Waals surface area contributed by atoms with Crippen LogP contribution in [0.25, 0.3) is 0 Å². The van der Waals surface area contributed by atoms with E-state index < -0.39 is 0 Å². The average molecular weight is 355 g/mol. The van der Waals surface area contributed by atoms with Crippen molar-refractivity contribution in [2.45, 2.75) is 37.5 Å². The van der Waals surface area contributed by atoms with Crippen LogP contribution in [0.1, 0.15) is 36.2 Å². The summed E-state index contributed by atoms with van der Waals surface area (Å²) in [4.78, 5) is 18.5. The molecule has 2 aliphatic rings. The first kappa shape index (κ1) is 14.9. The zero-order valence-corrected chi connectivity index (χ0v) is 13.6. The van der Waals surface area contributed by atoms with Crippen LogP contribution in [-0.4, -0.2) is 47.9 Å². The molecule has 1 saturated carbocycles. The number of nitrogens with zero attached hydrogens (tertiary/aromatic N) is 2. The van der Waals surface area contributed by atoms with Gasteiger partial charge < -0.3 is 14.4 Å². The Morgan fingerprint density at radius 2 is 2.05 bits per heavy atom. The number of carbonyl (C=O) groups is 1. The largest absolute Gasteiger partial charge is 0.348 e. The van der Waals surface area contributed by atoms with Gasteiger partial charge in [0.05, 0.1) is 13.2 Å². The van der Waals surface area contributed by atoms with Crippen LogP contribution in [0.4, 0.5) is 0 Å². The van der Waals surface area contributed by atoms with Crippen LogP contribution in [0.3, 0.4) is 0 Å². The number of ether oxygens (including phenoxy) is 2. The molecule has 0 aromatic carbocycles. The van der Waals surface area contributed by atoms with Crippen LogP contribution in [-0.2, 0) is 9.47 Å². The minimum Gasteiger partial charge on any atom is -0.348 e. The van der Waals surface area contributed by atoms with Crippen molar-refractivity contribution in [3.8, 4) is 0 Å². The molecule has 0 N–H and O–H groups in total. The molecule has 5 nitrogen and oxygen atoms in total. The third kappa shape index (κ3) is 2.98. The maximum absolute atomic E-state index is 12.5. The van der Waals surface area contributed by atoms with Crippen LogP contribution >= 0.6 is 15.9 Å². The van der Waals surface area contributed by atoms with E-state index in [1.165, 1.54) is 0 Å². The lowest BCUT2D eigenvalue weighted by molar-refractivity contribution is -0.182. The van der Waals surface area contributed by atoms with Crippen LogP contribution in [0.2, 0.25) is 0 Å². The molecule has 1 aromatic heterocycles. The summed E-state index contributed by atoms with van der Waals surface area (Å²) < 4.78 is 12.2. The van der Waals surface area contributed by atoms with Crippen molar-refractivity contribution in [1.82, 2.24) is 9.88 Å². The third-order valence-corrected chi connectivity index (χ3v) is 5.00. The van der Waals surface area contributed by atoms with Crippen molar-refractivity contribution in [3.63, 3.8) is 0 Å². The van der Waals surface area contributed by atoms with E-state index in [0.717, 1.165) is 30.2 Å². The Labute approximate surface area is 132 Å². The van der Waals surface area contributed by atoms with E-state index in [1.807, 2.05) is 13.1 Å². The van der Waals surface area contributed by atoms with Gasteiger partial charge in [0.1, 0.15) is 5.69 Å². The van der Waals surface area contributed by atoms with Crippen molar-refractivity contribution in [2.24, 2.45) is 0 Å². The lowest BCUT2D eigenvalue weighted by atomic mass is 9.89. The summed E-state index contributed by atoms with van der Waals surface area (Å²) in [7, 11) is 1.85. The smallest absolute Gasteiger partial charge is 0.273 e.